The molecule has 1 aliphatic heterocycles. The summed E-state index contributed by atoms with van der Waals surface area (Å²) in [5.41, 5.74) is 3.35. The van der Waals surface area contributed by atoms with Crippen LogP contribution in [0.4, 0.5) is 4.39 Å². The molecule has 1 atom stereocenters. The summed E-state index contributed by atoms with van der Waals surface area (Å²) in [5, 5.41) is 3.31. The monoisotopic (exact) mass is 349 g/mol. The van der Waals surface area contributed by atoms with Crippen LogP contribution in [0.2, 0.25) is 0 Å². The molecule has 1 heterocycles. The van der Waals surface area contributed by atoms with Crippen molar-refractivity contribution in [2.45, 2.75) is 18.9 Å². The van der Waals surface area contributed by atoms with E-state index < -0.39 is 0 Å². The van der Waals surface area contributed by atoms with E-state index in [0.717, 1.165) is 40.8 Å². The maximum Gasteiger partial charge on any atom is 0.127 e. The van der Waals surface area contributed by atoms with Crippen LogP contribution in [0.3, 0.4) is 0 Å². The van der Waals surface area contributed by atoms with Crippen LogP contribution < -0.4 is 10.1 Å². The normalized spacial score (nSPS) is 15.2. The molecule has 0 bridgehead atoms. The molecule has 0 fully saturated rings. The van der Waals surface area contributed by atoms with Crippen molar-refractivity contribution < 1.29 is 9.13 Å². The summed E-state index contributed by atoms with van der Waals surface area (Å²) in [4.78, 5) is 0. The van der Waals surface area contributed by atoms with Gasteiger partial charge in [0.1, 0.15) is 11.6 Å². The number of aryl methyl sites for hydroxylation is 1. The Morgan fingerprint density at radius 1 is 1.24 bits per heavy atom. The third-order valence-electron chi connectivity index (χ3n) is 3.84. The van der Waals surface area contributed by atoms with E-state index in [1.807, 2.05) is 13.1 Å². The highest BCUT2D eigenvalue weighted by Crippen LogP contribution is 2.37. The van der Waals surface area contributed by atoms with Crippen molar-refractivity contribution in [2.24, 2.45) is 0 Å². The number of nitrogens with one attached hydrogen (secondary N) is 1. The zero-order valence-electron chi connectivity index (χ0n) is 11.8. The predicted octanol–water partition coefficient (Wildman–Crippen LogP) is 4.22. The number of ether oxygens (including phenoxy) is 1. The zero-order valence-corrected chi connectivity index (χ0v) is 13.4. The van der Waals surface area contributed by atoms with Gasteiger partial charge in [-0.25, -0.2) is 4.39 Å². The van der Waals surface area contributed by atoms with E-state index in [9.17, 15) is 4.39 Å². The smallest absolute Gasteiger partial charge is 0.127 e. The molecule has 0 saturated carbocycles. The quantitative estimate of drug-likeness (QED) is 0.895. The number of fused-ring (bicyclic) bond motifs is 1. The lowest BCUT2D eigenvalue weighted by molar-refractivity contribution is 0.283. The first-order chi connectivity index (χ1) is 10.2. The molecule has 0 aliphatic carbocycles. The van der Waals surface area contributed by atoms with Gasteiger partial charge in [-0.15, -0.1) is 0 Å². The van der Waals surface area contributed by atoms with E-state index in [-0.39, 0.29) is 11.9 Å². The van der Waals surface area contributed by atoms with Crippen LogP contribution in [0.5, 0.6) is 5.75 Å². The number of halogens is 2. The number of para-hydroxylation sites is 1. The molecule has 110 valence electrons. The molecular weight excluding hydrogens is 333 g/mol. The molecule has 21 heavy (non-hydrogen) atoms. The van der Waals surface area contributed by atoms with E-state index in [0.29, 0.717) is 0 Å². The Bertz CT molecular complexity index is 659. The first-order valence-electron chi connectivity index (χ1n) is 7.07. The lowest BCUT2D eigenvalue weighted by atomic mass is 9.94. The largest absolute Gasteiger partial charge is 0.493 e. The lowest BCUT2D eigenvalue weighted by Crippen LogP contribution is -2.21. The Labute approximate surface area is 132 Å². The van der Waals surface area contributed by atoms with Gasteiger partial charge in [0.15, 0.2) is 0 Å². The van der Waals surface area contributed by atoms with Crippen molar-refractivity contribution in [2.75, 3.05) is 13.7 Å². The maximum absolute atomic E-state index is 13.3. The van der Waals surface area contributed by atoms with Gasteiger partial charge >= 0.3 is 0 Å². The number of hydrogen-bond acceptors (Lipinski definition) is 2. The third-order valence-corrected chi connectivity index (χ3v) is 4.52. The minimum absolute atomic E-state index is 0.0342. The van der Waals surface area contributed by atoms with Gasteiger partial charge in [0.25, 0.3) is 0 Å². The fourth-order valence-corrected chi connectivity index (χ4v) is 3.44. The van der Waals surface area contributed by atoms with Gasteiger partial charge in [0.05, 0.1) is 12.6 Å². The molecular formula is C17H17BrFNO. The molecule has 0 radical (unpaired) electrons. The summed E-state index contributed by atoms with van der Waals surface area (Å²) in [7, 11) is 1.91. The van der Waals surface area contributed by atoms with Crippen LogP contribution in [0.1, 0.15) is 29.2 Å². The van der Waals surface area contributed by atoms with Gasteiger partial charge in [-0.1, -0.05) is 40.2 Å². The molecule has 1 aliphatic rings. The highest BCUT2D eigenvalue weighted by atomic mass is 79.9. The molecule has 2 aromatic carbocycles. The third kappa shape index (κ3) is 2.83. The number of benzene rings is 2. The van der Waals surface area contributed by atoms with Gasteiger partial charge < -0.3 is 10.1 Å². The van der Waals surface area contributed by atoms with Crippen molar-refractivity contribution >= 4 is 15.9 Å². The molecule has 0 amide bonds. The Morgan fingerprint density at radius 3 is 2.86 bits per heavy atom. The highest BCUT2D eigenvalue weighted by molar-refractivity contribution is 9.10. The molecule has 0 saturated heterocycles. The van der Waals surface area contributed by atoms with Crippen molar-refractivity contribution in [1.82, 2.24) is 5.32 Å². The van der Waals surface area contributed by atoms with Crippen LogP contribution in [0.25, 0.3) is 0 Å². The predicted molar refractivity (Wildman–Crippen MR) is 85.3 cm³/mol. The van der Waals surface area contributed by atoms with Gasteiger partial charge in [-0.05, 0) is 43.1 Å². The van der Waals surface area contributed by atoms with E-state index >= 15 is 0 Å². The Kier molecular flexibility index (Phi) is 4.27. The number of rotatable bonds is 3. The Hall–Kier alpha value is -1.39. The molecule has 2 aromatic rings. The molecule has 3 rings (SSSR count). The fraction of sp³-hybridized carbons (Fsp3) is 0.294. The summed E-state index contributed by atoms with van der Waals surface area (Å²) in [5.74, 6) is 0.728. The van der Waals surface area contributed by atoms with Gasteiger partial charge in [0.2, 0.25) is 0 Å². The fourth-order valence-electron chi connectivity index (χ4n) is 2.86. The first kappa shape index (κ1) is 14.5. The van der Waals surface area contributed by atoms with Crippen molar-refractivity contribution in [3.63, 3.8) is 0 Å². The van der Waals surface area contributed by atoms with Crippen LogP contribution in [0, 0.1) is 5.82 Å². The lowest BCUT2D eigenvalue weighted by Gasteiger charge is -2.26. The second-order valence-electron chi connectivity index (χ2n) is 5.18. The first-order valence-corrected chi connectivity index (χ1v) is 7.87. The van der Waals surface area contributed by atoms with E-state index in [1.54, 1.807) is 0 Å². The van der Waals surface area contributed by atoms with E-state index in [2.05, 4.69) is 39.4 Å². The summed E-state index contributed by atoms with van der Waals surface area (Å²) < 4.78 is 20.0. The highest BCUT2D eigenvalue weighted by Gasteiger charge is 2.22. The number of hydrogen-bond donors (Lipinski definition) is 1. The zero-order chi connectivity index (χ0) is 14.8. The standard InChI is InChI=1S/C17H17BrFNO/c1-20-16(13-8-7-12(19)10-15(13)18)14-6-2-4-11-5-3-9-21-17(11)14/h2,4,6-8,10,16,20H,3,5,9H2,1H3. The van der Waals surface area contributed by atoms with Crippen LogP contribution in [-0.2, 0) is 6.42 Å². The van der Waals surface area contributed by atoms with Crippen molar-refractivity contribution in [3.05, 3.63) is 63.4 Å². The molecule has 0 spiro atoms. The Morgan fingerprint density at radius 2 is 2.10 bits per heavy atom. The molecule has 1 N–H and O–H groups in total. The molecule has 1 unspecified atom stereocenters. The van der Waals surface area contributed by atoms with E-state index in [4.69, 9.17) is 4.74 Å². The topological polar surface area (TPSA) is 21.3 Å². The molecule has 4 heteroatoms. The van der Waals surface area contributed by atoms with Crippen molar-refractivity contribution in [1.29, 1.82) is 0 Å². The summed E-state index contributed by atoms with van der Waals surface area (Å²) in [6, 6.07) is 11.0. The van der Waals surface area contributed by atoms with Crippen LogP contribution in [-0.4, -0.2) is 13.7 Å². The molecule has 2 nitrogen and oxygen atoms in total. The maximum atomic E-state index is 13.3. The Balaban J connectivity index is 2.08. The van der Waals surface area contributed by atoms with Crippen LogP contribution >= 0.6 is 15.9 Å². The second-order valence-corrected chi connectivity index (χ2v) is 6.03. The minimum Gasteiger partial charge on any atom is -0.493 e. The minimum atomic E-state index is -0.244. The van der Waals surface area contributed by atoms with Crippen molar-refractivity contribution in [3.8, 4) is 5.75 Å². The average Bonchev–Trinajstić information content (AvgIpc) is 2.50. The summed E-state index contributed by atoms with van der Waals surface area (Å²) in [6.45, 7) is 0.755. The average molecular weight is 350 g/mol. The van der Waals surface area contributed by atoms with Gasteiger partial charge in [0, 0.05) is 10.0 Å². The summed E-state index contributed by atoms with van der Waals surface area (Å²) >= 11 is 3.46. The van der Waals surface area contributed by atoms with E-state index in [1.165, 1.54) is 17.7 Å². The molecule has 0 aromatic heterocycles. The SMILES string of the molecule is CNC(c1ccc(F)cc1Br)c1cccc2c1OCCC2. The van der Waals surface area contributed by atoms with Gasteiger partial charge in [-0.2, -0.15) is 0 Å². The van der Waals surface area contributed by atoms with Crippen LogP contribution in [0.15, 0.2) is 40.9 Å². The second kappa shape index (κ2) is 6.16. The summed E-state index contributed by atoms with van der Waals surface area (Å²) in [6.07, 6.45) is 2.10. The van der Waals surface area contributed by atoms with Gasteiger partial charge in [-0.3, -0.25) is 0 Å².